The standard InChI is InChI=1S/C6H15S.CN/c1-4-7(5-2)6-3;1-2/h4-6H2,1-3H3;/q+1;-1. The van der Waals surface area contributed by atoms with Crippen molar-refractivity contribution >= 4 is 10.9 Å². The van der Waals surface area contributed by atoms with Crippen LogP contribution in [-0.4, -0.2) is 17.3 Å². The first kappa shape index (κ1) is 11.6. The van der Waals surface area contributed by atoms with Gasteiger partial charge in [0.1, 0.15) is 17.3 Å². The molecule has 0 unspecified atom stereocenters. The van der Waals surface area contributed by atoms with Crippen molar-refractivity contribution in [3.8, 4) is 0 Å². The molecule has 0 amide bonds. The molecule has 1 nitrogen and oxygen atoms in total. The van der Waals surface area contributed by atoms with E-state index in [0.29, 0.717) is 0 Å². The predicted molar refractivity (Wildman–Crippen MR) is 44.0 cm³/mol. The minimum Gasteiger partial charge on any atom is -0.512 e. The largest absolute Gasteiger partial charge is 0.512 e. The number of nitrogens with zero attached hydrogens (tertiary/aromatic N) is 1. The molecule has 0 saturated carbocycles. The third-order valence-electron chi connectivity index (χ3n) is 1.22. The van der Waals surface area contributed by atoms with Gasteiger partial charge in [-0.2, -0.15) is 0 Å². The van der Waals surface area contributed by atoms with E-state index in [1.165, 1.54) is 17.3 Å². The molecule has 0 saturated heterocycles. The van der Waals surface area contributed by atoms with Crippen LogP contribution in [0.4, 0.5) is 0 Å². The average molecular weight is 145 g/mol. The molecule has 0 bridgehead atoms. The molecule has 0 aromatic heterocycles. The summed E-state index contributed by atoms with van der Waals surface area (Å²) in [6, 6.07) is 0. The second-order valence-electron chi connectivity index (χ2n) is 1.48. The Morgan fingerprint density at radius 1 is 1.00 bits per heavy atom. The molecule has 0 fully saturated rings. The van der Waals surface area contributed by atoms with E-state index in [-0.39, 0.29) is 0 Å². The summed E-state index contributed by atoms with van der Waals surface area (Å²) in [6.07, 6.45) is 0. The first-order chi connectivity index (χ1) is 4.35. The molecular formula is C7H15NS. The Labute approximate surface area is 61.4 Å². The minimum atomic E-state index is 0.755. The third kappa shape index (κ3) is 7.84. The van der Waals surface area contributed by atoms with E-state index in [1.54, 1.807) is 0 Å². The Hall–Kier alpha value is -0.160. The van der Waals surface area contributed by atoms with Crippen molar-refractivity contribution in [3.05, 3.63) is 6.57 Å². The van der Waals surface area contributed by atoms with Crippen LogP contribution in [0, 0.1) is 11.8 Å². The van der Waals surface area contributed by atoms with Gasteiger partial charge >= 0.3 is 0 Å². The van der Waals surface area contributed by atoms with Gasteiger partial charge in [-0.05, 0) is 31.7 Å². The quantitative estimate of drug-likeness (QED) is 0.438. The van der Waals surface area contributed by atoms with E-state index in [1.807, 2.05) is 0 Å². The molecule has 0 atom stereocenters. The molecule has 54 valence electrons. The van der Waals surface area contributed by atoms with Crippen LogP contribution in [-0.2, 0) is 10.9 Å². The zero-order valence-corrected chi connectivity index (χ0v) is 7.29. The summed E-state index contributed by atoms with van der Waals surface area (Å²) in [5.41, 5.74) is 0. The fourth-order valence-corrected chi connectivity index (χ4v) is 1.84. The summed E-state index contributed by atoms with van der Waals surface area (Å²) < 4.78 is 0. The van der Waals surface area contributed by atoms with Crippen molar-refractivity contribution in [3.63, 3.8) is 0 Å². The van der Waals surface area contributed by atoms with E-state index in [0.717, 1.165) is 10.9 Å². The summed E-state index contributed by atoms with van der Waals surface area (Å²) in [4.78, 5) is 0. The van der Waals surface area contributed by atoms with Crippen molar-refractivity contribution in [2.45, 2.75) is 20.8 Å². The van der Waals surface area contributed by atoms with E-state index in [4.69, 9.17) is 11.8 Å². The normalized spacial score (nSPS) is 8.22. The van der Waals surface area contributed by atoms with Gasteiger partial charge < -0.3 is 11.8 Å². The molecule has 0 aliphatic rings. The summed E-state index contributed by atoms with van der Waals surface area (Å²) >= 11 is 0. The maximum Gasteiger partial charge on any atom is 0.105 e. The van der Waals surface area contributed by atoms with Crippen LogP contribution in [0.3, 0.4) is 0 Å². The van der Waals surface area contributed by atoms with Gasteiger partial charge in [0, 0.05) is 0 Å². The summed E-state index contributed by atoms with van der Waals surface area (Å²) in [7, 11) is 0.755. The van der Waals surface area contributed by atoms with Gasteiger partial charge in [0.05, 0.1) is 0 Å². The van der Waals surface area contributed by atoms with Crippen LogP contribution < -0.4 is 0 Å². The van der Waals surface area contributed by atoms with Gasteiger partial charge in [0.2, 0.25) is 0 Å². The molecule has 0 aromatic carbocycles. The Morgan fingerprint density at radius 2 is 1.22 bits per heavy atom. The van der Waals surface area contributed by atoms with E-state index < -0.39 is 0 Å². The van der Waals surface area contributed by atoms with Gasteiger partial charge in [0.15, 0.2) is 0 Å². The number of rotatable bonds is 3. The zero-order chi connectivity index (χ0) is 7.70. The molecule has 0 aliphatic heterocycles. The second kappa shape index (κ2) is 10.8. The zero-order valence-electron chi connectivity index (χ0n) is 6.48. The van der Waals surface area contributed by atoms with E-state index >= 15 is 0 Å². The lowest BCUT2D eigenvalue weighted by Crippen LogP contribution is -2.09. The highest BCUT2D eigenvalue weighted by Gasteiger charge is 2.05. The van der Waals surface area contributed by atoms with Crippen LogP contribution >= 0.6 is 0 Å². The molecule has 0 radical (unpaired) electrons. The highest BCUT2D eigenvalue weighted by molar-refractivity contribution is 7.96. The SMILES string of the molecule is CC[S+](CC)CC.[C-]#N. The van der Waals surface area contributed by atoms with Crippen LogP contribution in [0.15, 0.2) is 0 Å². The topological polar surface area (TPSA) is 23.8 Å². The second-order valence-corrected chi connectivity index (χ2v) is 4.44. The van der Waals surface area contributed by atoms with Crippen LogP contribution in [0.5, 0.6) is 0 Å². The third-order valence-corrected chi connectivity index (χ3v) is 3.67. The molecule has 9 heavy (non-hydrogen) atoms. The lowest BCUT2D eigenvalue weighted by molar-refractivity contribution is 1.37. The van der Waals surface area contributed by atoms with Crippen molar-refractivity contribution in [2.24, 2.45) is 0 Å². The smallest absolute Gasteiger partial charge is 0.105 e. The Morgan fingerprint density at radius 3 is 1.22 bits per heavy atom. The van der Waals surface area contributed by atoms with E-state index in [2.05, 4.69) is 20.8 Å². The predicted octanol–water partition coefficient (Wildman–Crippen LogP) is 1.76. The first-order valence-corrected chi connectivity index (χ1v) is 4.94. The average Bonchev–Trinajstić information content (AvgIpc) is 1.96. The monoisotopic (exact) mass is 145 g/mol. The molecule has 2 heteroatoms. The van der Waals surface area contributed by atoms with Crippen molar-refractivity contribution in [1.82, 2.24) is 0 Å². The Bertz CT molecular complexity index is 51.7. The highest BCUT2D eigenvalue weighted by Crippen LogP contribution is 1.92. The highest BCUT2D eigenvalue weighted by atomic mass is 32.2. The fraction of sp³-hybridized carbons (Fsp3) is 0.857. The van der Waals surface area contributed by atoms with Crippen LogP contribution in [0.1, 0.15) is 20.8 Å². The maximum atomic E-state index is 6.25. The molecule has 0 rings (SSSR count). The first-order valence-electron chi connectivity index (χ1n) is 3.21. The lowest BCUT2D eigenvalue weighted by atomic mass is 10.9. The molecule has 0 aromatic rings. The van der Waals surface area contributed by atoms with Gasteiger partial charge in [0.25, 0.3) is 0 Å². The minimum absolute atomic E-state index is 0.755. The Kier molecular flexibility index (Phi) is 13.9. The summed E-state index contributed by atoms with van der Waals surface area (Å²) in [5, 5.41) is 6.25. The number of hydrogen-bond acceptors (Lipinski definition) is 1. The van der Waals surface area contributed by atoms with Gasteiger partial charge in [-0.1, -0.05) is 0 Å². The van der Waals surface area contributed by atoms with Gasteiger partial charge in [-0.25, -0.2) is 0 Å². The Balaban J connectivity index is 0. The molecular weight excluding hydrogens is 130 g/mol. The maximum absolute atomic E-state index is 6.25. The molecule has 0 N–H and O–H groups in total. The summed E-state index contributed by atoms with van der Waals surface area (Å²) in [6.45, 7) is 11.6. The number of hydrogen-bond donors (Lipinski definition) is 0. The van der Waals surface area contributed by atoms with Crippen molar-refractivity contribution < 1.29 is 0 Å². The fourth-order valence-electron chi connectivity index (χ4n) is 0.612. The molecule has 0 aliphatic carbocycles. The van der Waals surface area contributed by atoms with E-state index in [9.17, 15) is 0 Å². The lowest BCUT2D eigenvalue weighted by Gasteiger charge is -1.96. The molecule has 0 spiro atoms. The van der Waals surface area contributed by atoms with Crippen LogP contribution in [0.2, 0.25) is 0 Å². The van der Waals surface area contributed by atoms with Crippen molar-refractivity contribution in [1.29, 1.82) is 5.26 Å². The van der Waals surface area contributed by atoms with Gasteiger partial charge in [-0.15, -0.1) is 0 Å². The van der Waals surface area contributed by atoms with Crippen molar-refractivity contribution in [2.75, 3.05) is 17.3 Å². The van der Waals surface area contributed by atoms with Gasteiger partial charge in [-0.3, -0.25) is 0 Å². The molecule has 0 heterocycles. The summed E-state index contributed by atoms with van der Waals surface area (Å²) in [5.74, 6) is 4.15. The van der Waals surface area contributed by atoms with Crippen LogP contribution in [0.25, 0.3) is 0 Å².